The number of nitrogens with zero attached hydrogens (tertiary/aromatic N) is 1. The monoisotopic (exact) mass is 342 g/mol. The maximum absolute atomic E-state index is 11.6. The van der Waals surface area contributed by atoms with Crippen LogP contribution in [-0.4, -0.2) is 22.7 Å². The Bertz CT molecular complexity index is 759. The summed E-state index contributed by atoms with van der Waals surface area (Å²) in [5, 5.41) is 23.0. The van der Waals surface area contributed by atoms with E-state index in [1.54, 1.807) is 12.2 Å². The van der Waals surface area contributed by atoms with Gasteiger partial charge in [-0.1, -0.05) is 42.5 Å². The molecule has 1 amide bonds. The van der Waals surface area contributed by atoms with Gasteiger partial charge in [-0.3, -0.25) is 10.1 Å². The number of hydrogen-bond acceptors (Lipinski definition) is 5. The zero-order valence-corrected chi connectivity index (χ0v) is 13.4. The van der Waals surface area contributed by atoms with Gasteiger partial charge in [-0.05, 0) is 18.1 Å². The summed E-state index contributed by atoms with van der Waals surface area (Å²) in [5.74, 6) is -0.0444. The second-order valence-corrected chi connectivity index (χ2v) is 5.18. The molecule has 2 aromatic carbocycles. The summed E-state index contributed by atoms with van der Waals surface area (Å²) in [4.78, 5) is 21.7. The van der Waals surface area contributed by atoms with Crippen molar-refractivity contribution in [2.24, 2.45) is 0 Å². The smallest absolute Gasteiger partial charge is 0.407 e. The van der Waals surface area contributed by atoms with E-state index >= 15 is 0 Å². The van der Waals surface area contributed by atoms with Crippen molar-refractivity contribution >= 4 is 17.9 Å². The Morgan fingerprint density at radius 3 is 2.72 bits per heavy atom. The van der Waals surface area contributed by atoms with Crippen LogP contribution in [-0.2, 0) is 11.3 Å². The van der Waals surface area contributed by atoms with E-state index in [1.165, 1.54) is 18.2 Å². The van der Waals surface area contributed by atoms with Crippen LogP contribution in [0.25, 0.3) is 6.08 Å². The highest BCUT2D eigenvalue weighted by atomic mass is 16.6. The van der Waals surface area contributed by atoms with Crippen molar-refractivity contribution in [3.05, 3.63) is 75.8 Å². The Morgan fingerprint density at radius 2 is 2.00 bits per heavy atom. The Kier molecular flexibility index (Phi) is 6.53. The van der Waals surface area contributed by atoms with Crippen molar-refractivity contribution in [1.82, 2.24) is 5.32 Å². The Hall–Kier alpha value is -3.35. The van der Waals surface area contributed by atoms with Crippen LogP contribution < -0.4 is 5.32 Å². The quantitative estimate of drug-likeness (QED) is 0.454. The summed E-state index contributed by atoms with van der Waals surface area (Å²) in [6.45, 7) is 0.546. The van der Waals surface area contributed by atoms with E-state index in [4.69, 9.17) is 4.74 Å². The third kappa shape index (κ3) is 5.98. The number of phenolic OH excluding ortho intramolecular Hbond substituents is 1. The van der Waals surface area contributed by atoms with Gasteiger partial charge >= 0.3 is 6.09 Å². The lowest BCUT2D eigenvalue weighted by atomic mass is 10.1. The van der Waals surface area contributed by atoms with Crippen molar-refractivity contribution in [2.75, 3.05) is 6.54 Å². The zero-order valence-electron chi connectivity index (χ0n) is 13.4. The normalized spacial score (nSPS) is 10.6. The molecule has 130 valence electrons. The third-order valence-corrected chi connectivity index (χ3v) is 3.31. The molecule has 0 unspecified atom stereocenters. The van der Waals surface area contributed by atoms with E-state index in [2.05, 4.69) is 5.32 Å². The van der Waals surface area contributed by atoms with Gasteiger partial charge in [0.25, 0.3) is 5.69 Å². The summed E-state index contributed by atoms with van der Waals surface area (Å²) in [6.07, 6.45) is 3.24. The third-order valence-electron chi connectivity index (χ3n) is 3.31. The van der Waals surface area contributed by atoms with Gasteiger partial charge in [0.05, 0.1) is 4.92 Å². The fraction of sp³-hybridized carbons (Fsp3) is 0.167. The number of ether oxygens (including phenoxy) is 1. The predicted molar refractivity (Wildman–Crippen MR) is 93.0 cm³/mol. The predicted octanol–water partition coefficient (Wildman–Crippen LogP) is 3.63. The number of carbonyl (C=O) groups is 1. The van der Waals surface area contributed by atoms with Gasteiger partial charge in [-0.15, -0.1) is 0 Å². The molecule has 7 heteroatoms. The first-order valence-corrected chi connectivity index (χ1v) is 7.65. The fourth-order valence-electron chi connectivity index (χ4n) is 2.03. The second-order valence-electron chi connectivity index (χ2n) is 5.18. The van der Waals surface area contributed by atoms with Gasteiger partial charge in [0, 0.05) is 24.2 Å². The Balaban J connectivity index is 1.73. The van der Waals surface area contributed by atoms with Crippen LogP contribution in [0, 0.1) is 10.1 Å². The van der Waals surface area contributed by atoms with E-state index < -0.39 is 11.0 Å². The average molecular weight is 342 g/mol. The summed E-state index contributed by atoms with van der Waals surface area (Å²) >= 11 is 0. The van der Waals surface area contributed by atoms with Crippen LogP contribution in [0.1, 0.15) is 17.5 Å². The molecule has 2 rings (SSSR count). The zero-order chi connectivity index (χ0) is 18.1. The molecule has 0 aliphatic rings. The van der Waals surface area contributed by atoms with Crippen LogP contribution in [0.3, 0.4) is 0 Å². The number of rotatable bonds is 7. The number of hydrogen-bond donors (Lipinski definition) is 2. The molecular formula is C18H18N2O5. The maximum Gasteiger partial charge on any atom is 0.407 e. The number of carbonyl (C=O) groups excluding carboxylic acids is 1. The van der Waals surface area contributed by atoms with Gasteiger partial charge in [-0.25, -0.2) is 4.79 Å². The lowest BCUT2D eigenvalue weighted by molar-refractivity contribution is -0.384. The molecule has 0 radical (unpaired) electrons. The highest BCUT2D eigenvalue weighted by Crippen LogP contribution is 2.24. The van der Waals surface area contributed by atoms with Gasteiger partial charge in [0.2, 0.25) is 0 Å². The van der Waals surface area contributed by atoms with Crippen molar-refractivity contribution < 1.29 is 19.6 Å². The van der Waals surface area contributed by atoms with Crippen molar-refractivity contribution in [3.8, 4) is 5.75 Å². The van der Waals surface area contributed by atoms with Crippen molar-refractivity contribution in [2.45, 2.75) is 13.0 Å². The lowest BCUT2D eigenvalue weighted by Gasteiger charge is -2.06. The first kappa shape index (κ1) is 18.0. The molecule has 0 aliphatic carbocycles. The first-order valence-electron chi connectivity index (χ1n) is 7.65. The molecule has 25 heavy (non-hydrogen) atoms. The number of phenols is 1. The molecule has 2 N–H and O–H groups in total. The number of amides is 1. The molecule has 0 bridgehead atoms. The summed E-state index contributed by atoms with van der Waals surface area (Å²) in [6, 6.07) is 13.1. The Morgan fingerprint density at radius 1 is 1.24 bits per heavy atom. The SMILES string of the molecule is O=C(NCCC=Cc1cc([N+](=O)[O-])ccc1O)OCc1ccccc1. The van der Waals surface area contributed by atoms with Crippen molar-refractivity contribution in [1.29, 1.82) is 0 Å². The molecule has 2 aromatic rings. The van der Waals surface area contributed by atoms with Crippen LogP contribution in [0.4, 0.5) is 10.5 Å². The van der Waals surface area contributed by atoms with Crippen LogP contribution in [0.5, 0.6) is 5.75 Å². The number of non-ortho nitro benzene ring substituents is 1. The number of aromatic hydroxyl groups is 1. The number of nitrogens with one attached hydrogen (secondary N) is 1. The van der Waals surface area contributed by atoms with E-state index in [0.29, 0.717) is 18.5 Å². The molecule has 0 heterocycles. The van der Waals surface area contributed by atoms with E-state index in [0.717, 1.165) is 5.56 Å². The van der Waals surface area contributed by atoms with Crippen LogP contribution >= 0.6 is 0 Å². The van der Waals surface area contributed by atoms with Gasteiger partial charge < -0.3 is 15.2 Å². The molecule has 0 aromatic heterocycles. The molecule has 7 nitrogen and oxygen atoms in total. The number of benzene rings is 2. The van der Waals surface area contributed by atoms with Crippen molar-refractivity contribution in [3.63, 3.8) is 0 Å². The largest absolute Gasteiger partial charge is 0.507 e. The molecule has 0 atom stereocenters. The lowest BCUT2D eigenvalue weighted by Crippen LogP contribution is -2.24. The fourth-order valence-corrected chi connectivity index (χ4v) is 2.03. The molecule has 0 fully saturated rings. The summed E-state index contributed by atoms with van der Waals surface area (Å²) < 4.78 is 5.07. The topological polar surface area (TPSA) is 102 Å². The number of nitro groups is 1. The molecular weight excluding hydrogens is 324 g/mol. The standard InChI is InChI=1S/C18H18N2O5/c21-17-10-9-16(20(23)24)12-15(17)8-4-5-11-19-18(22)25-13-14-6-2-1-3-7-14/h1-4,6-10,12,21H,5,11,13H2,(H,19,22). The molecule has 0 saturated carbocycles. The molecule has 0 spiro atoms. The minimum atomic E-state index is -0.527. The number of nitro benzene ring substituents is 1. The maximum atomic E-state index is 11.6. The molecule has 0 saturated heterocycles. The van der Waals surface area contributed by atoms with Gasteiger partial charge in [0.15, 0.2) is 0 Å². The summed E-state index contributed by atoms with van der Waals surface area (Å²) in [7, 11) is 0. The number of alkyl carbamates (subject to hydrolysis) is 1. The van der Waals surface area contributed by atoms with Gasteiger partial charge in [0.1, 0.15) is 12.4 Å². The minimum Gasteiger partial charge on any atom is -0.507 e. The first-order chi connectivity index (χ1) is 12.1. The Labute approximate surface area is 144 Å². The highest BCUT2D eigenvalue weighted by Gasteiger charge is 2.08. The molecule has 0 aliphatic heterocycles. The minimum absolute atomic E-state index is 0.0444. The average Bonchev–Trinajstić information content (AvgIpc) is 2.61. The van der Waals surface area contributed by atoms with E-state index in [9.17, 15) is 20.0 Å². The second kappa shape index (κ2) is 9.07. The van der Waals surface area contributed by atoms with E-state index in [-0.39, 0.29) is 18.0 Å². The van der Waals surface area contributed by atoms with Crippen LogP contribution in [0.2, 0.25) is 0 Å². The van der Waals surface area contributed by atoms with E-state index in [1.807, 2.05) is 30.3 Å². The van der Waals surface area contributed by atoms with Crippen LogP contribution in [0.15, 0.2) is 54.6 Å². The summed E-state index contributed by atoms with van der Waals surface area (Å²) in [5.41, 5.74) is 1.15. The highest BCUT2D eigenvalue weighted by molar-refractivity contribution is 5.67. The van der Waals surface area contributed by atoms with Gasteiger partial charge in [-0.2, -0.15) is 0 Å².